The van der Waals surface area contributed by atoms with Gasteiger partial charge in [0.1, 0.15) is 19.2 Å². The summed E-state index contributed by atoms with van der Waals surface area (Å²) in [5.41, 5.74) is 2.58. The van der Waals surface area contributed by atoms with Gasteiger partial charge in [-0.15, -0.1) is 5.54 Å². The average molecular weight is 927 g/mol. The predicted molar refractivity (Wildman–Crippen MR) is 250 cm³/mol. The Labute approximate surface area is 387 Å². The van der Waals surface area contributed by atoms with Crippen LogP contribution in [0.25, 0.3) is 10.9 Å². The second-order valence-corrected chi connectivity index (χ2v) is 25.8. The van der Waals surface area contributed by atoms with Crippen molar-refractivity contribution in [3.8, 4) is 17.2 Å². The van der Waals surface area contributed by atoms with Crippen molar-refractivity contribution in [2.45, 2.75) is 113 Å². The number of nitrogens with one attached hydrogen (secondary N) is 1. The van der Waals surface area contributed by atoms with E-state index in [-0.39, 0.29) is 31.3 Å². The summed E-state index contributed by atoms with van der Waals surface area (Å²) >= 11 is 0. The normalized spacial score (nSPS) is 33.5. The van der Waals surface area contributed by atoms with Crippen molar-refractivity contribution in [1.82, 2.24) is 14.8 Å². The smallest absolute Gasteiger partial charge is 0.344 e. The number of aromatic amines is 1. The summed E-state index contributed by atoms with van der Waals surface area (Å²) in [6.07, 6.45) is 4.43. The highest BCUT2D eigenvalue weighted by atomic mass is 28.3. The molecule has 5 unspecified atom stereocenters. The molecule has 2 N–H and O–H groups in total. The lowest BCUT2D eigenvalue weighted by atomic mass is 9.47. The van der Waals surface area contributed by atoms with Gasteiger partial charge in [-0.2, -0.15) is 0 Å². The first-order chi connectivity index (χ1) is 31.1. The van der Waals surface area contributed by atoms with Gasteiger partial charge in [-0.05, 0) is 86.9 Å². The number of benzene rings is 2. The van der Waals surface area contributed by atoms with E-state index < -0.39 is 71.8 Å². The largest absolute Gasteiger partial charge is 0.496 e. The van der Waals surface area contributed by atoms with E-state index in [1.54, 1.807) is 7.11 Å². The zero-order chi connectivity index (χ0) is 47.5. The summed E-state index contributed by atoms with van der Waals surface area (Å²) in [6.45, 7) is 13.3. The molecule has 5 aliphatic heterocycles. The Hall–Kier alpha value is -4.75. The highest BCUT2D eigenvalue weighted by Crippen LogP contribution is 2.68. The Morgan fingerprint density at radius 3 is 2.41 bits per heavy atom. The number of carbonyl (C=O) groups is 3. The van der Waals surface area contributed by atoms with Crippen molar-refractivity contribution < 1.29 is 47.2 Å². The molecule has 15 heteroatoms. The van der Waals surface area contributed by atoms with Crippen LogP contribution in [0.2, 0.25) is 19.6 Å². The first-order valence-corrected chi connectivity index (χ1v) is 26.9. The van der Waals surface area contributed by atoms with Gasteiger partial charge in [0.2, 0.25) is 11.5 Å². The third-order valence-corrected chi connectivity index (χ3v) is 17.1. The van der Waals surface area contributed by atoms with Gasteiger partial charge in [-0.25, -0.2) is 13.6 Å². The van der Waals surface area contributed by atoms with E-state index in [4.69, 9.17) is 18.9 Å². The number of halogens is 2. The van der Waals surface area contributed by atoms with Crippen molar-refractivity contribution in [3.05, 3.63) is 70.4 Å². The predicted octanol–water partition coefficient (Wildman–Crippen LogP) is 6.35. The Morgan fingerprint density at radius 1 is 1.02 bits per heavy atom. The summed E-state index contributed by atoms with van der Waals surface area (Å²) in [7, 11) is 4.23. The number of alkyl halides is 2. The molecule has 3 fully saturated rings. The van der Waals surface area contributed by atoms with Crippen LogP contribution in [0.5, 0.6) is 5.75 Å². The number of hydrogen-bond donors (Lipinski definition) is 2. The minimum Gasteiger partial charge on any atom is -0.496 e. The van der Waals surface area contributed by atoms with E-state index in [0.29, 0.717) is 68.1 Å². The van der Waals surface area contributed by atoms with Gasteiger partial charge in [0.15, 0.2) is 6.10 Å². The fourth-order valence-corrected chi connectivity index (χ4v) is 14.3. The molecule has 354 valence electrons. The van der Waals surface area contributed by atoms with E-state index in [1.165, 1.54) is 21.1 Å². The Balaban J connectivity index is 1.36. The molecule has 2 bridgehead atoms. The molecule has 0 radical (unpaired) electrons. The number of anilines is 1. The molecule has 10 atom stereocenters. The lowest BCUT2D eigenvalue weighted by Crippen LogP contribution is -2.81. The van der Waals surface area contributed by atoms with Crippen molar-refractivity contribution in [3.63, 3.8) is 0 Å². The number of hydrogen-bond acceptors (Lipinski definition) is 11. The van der Waals surface area contributed by atoms with Gasteiger partial charge >= 0.3 is 17.9 Å². The zero-order valence-corrected chi connectivity index (χ0v) is 40.9. The monoisotopic (exact) mass is 926 g/mol. The maximum atomic E-state index is 15.5. The Bertz CT molecular complexity index is 2590. The molecule has 12 nitrogen and oxygen atoms in total. The summed E-state index contributed by atoms with van der Waals surface area (Å²) in [4.78, 5) is 53.2. The second-order valence-electron chi connectivity index (χ2n) is 21.1. The first kappa shape index (κ1) is 46.4. The highest BCUT2D eigenvalue weighted by Gasteiger charge is 2.80. The van der Waals surface area contributed by atoms with Crippen molar-refractivity contribution >= 4 is 42.6 Å². The van der Waals surface area contributed by atoms with Gasteiger partial charge in [0.05, 0.1) is 27.4 Å². The van der Waals surface area contributed by atoms with Crippen molar-refractivity contribution in [1.29, 1.82) is 0 Å². The van der Waals surface area contributed by atoms with Gasteiger partial charge < -0.3 is 38.8 Å². The zero-order valence-electron chi connectivity index (χ0n) is 39.9. The number of esters is 3. The molecule has 3 aromatic rings. The van der Waals surface area contributed by atoms with Crippen LogP contribution in [0.1, 0.15) is 74.4 Å². The number of rotatable bonds is 7. The molecule has 66 heavy (non-hydrogen) atoms. The van der Waals surface area contributed by atoms with Crippen LogP contribution in [0.4, 0.5) is 14.5 Å². The lowest BCUT2D eigenvalue weighted by molar-refractivity contribution is -0.228. The number of methoxy groups -OCH3 is 3. The van der Waals surface area contributed by atoms with Crippen LogP contribution < -0.4 is 9.64 Å². The van der Waals surface area contributed by atoms with Crippen LogP contribution in [-0.4, -0.2) is 137 Å². The molecule has 6 aliphatic rings. The number of aromatic nitrogens is 1. The van der Waals surface area contributed by atoms with Crippen LogP contribution in [0.15, 0.2) is 42.5 Å². The fourth-order valence-electron chi connectivity index (χ4n) is 13.8. The van der Waals surface area contributed by atoms with Gasteiger partial charge in [0, 0.05) is 102 Å². The van der Waals surface area contributed by atoms with Crippen molar-refractivity contribution in [2.75, 3.05) is 66.0 Å². The SMILES string of the molecule is CC[C@]12C=CCN3CC[C@@]4(c5cc([C@@]6(C(=O)OC)CC7CC(C(C)(F)F)CN(CCc8c6[nH]c6ccc(C#C[Si](C)(C)C)cc86)C7)c(OC)cc5N(C)C4[C@@](O)(C(=O)OC)[C@@H]1OC(C)=O)C32. The number of piperidine rings is 1. The lowest BCUT2D eigenvalue weighted by Gasteiger charge is -2.63. The quantitative estimate of drug-likeness (QED) is 0.0904. The fraction of sp³-hybridized carbons (Fsp3) is 0.588. The third-order valence-electron chi connectivity index (χ3n) is 16.2. The van der Waals surface area contributed by atoms with Crippen LogP contribution in [0.3, 0.4) is 0 Å². The molecule has 2 saturated heterocycles. The van der Waals surface area contributed by atoms with E-state index in [9.17, 15) is 14.7 Å². The Morgan fingerprint density at radius 2 is 1.76 bits per heavy atom. The van der Waals surface area contributed by atoms with Crippen LogP contribution >= 0.6 is 0 Å². The third kappa shape index (κ3) is 6.62. The average Bonchev–Trinajstić information content (AvgIpc) is 3.93. The number of likely N-dealkylation sites (N-methyl/N-ethyl adjacent to an activating group) is 1. The van der Waals surface area contributed by atoms with E-state index in [2.05, 4.69) is 52.0 Å². The summed E-state index contributed by atoms with van der Waals surface area (Å²) in [6, 6.07) is 8.60. The standard InChI is InChI=1S/C51H64F2N4O8Si/c1-11-48-17-12-19-57-21-18-49(42(48)57)36-25-37(40(62-5)26-39(36)55(4)43(49)51(61,46(60)64-7)44(48)65-30(2)58)50(45(59)63-6)27-32-23-33(47(3,52)53)29-56(28-32)20-15-34-35-24-31(16-22-66(8,9)10)13-14-38(35)54-41(34)50/h12-14,17,24-26,32-33,42-44,54,61H,11,15,18-21,23,27-29H2,1-10H3/t32?,33?,42?,43?,44-,48-,49-,50+,51+/m1/s1. The number of nitrogens with zero attached hydrogens (tertiary/aromatic N) is 3. The molecular formula is C51H64F2N4O8Si. The number of carbonyl (C=O) groups excluding carboxylic acids is 3. The summed E-state index contributed by atoms with van der Waals surface area (Å²) in [5, 5.41) is 14.3. The molecule has 9 rings (SSSR count). The van der Waals surface area contributed by atoms with Gasteiger partial charge in [-0.3, -0.25) is 14.5 Å². The molecule has 1 spiro atoms. The second kappa shape index (κ2) is 15.9. The summed E-state index contributed by atoms with van der Waals surface area (Å²) < 4.78 is 55.1. The van der Waals surface area contributed by atoms with Crippen LogP contribution in [-0.2, 0) is 45.8 Å². The number of ether oxygens (including phenoxy) is 4. The molecule has 2 aromatic carbocycles. The van der Waals surface area contributed by atoms with E-state index in [1.807, 2.05) is 55.3 Å². The maximum absolute atomic E-state index is 15.5. The van der Waals surface area contributed by atoms with Gasteiger partial charge in [-0.1, -0.05) is 44.6 Å². The molecule has 1 aromatic heterocycles. The van der Waals surface area contributed by atoms with Gasteiger partial charge in [0.25, 0.3) is 0 Å². The number of aliphatic hydroxyl groups is 1. The molecule has 1 aliphatic carbocycles. The maximum Gasteiger partial charge on any atom is 0.344 e. The molecule has 0 amide bonds. The minimum atomic E-state index is -2.95. The van der Waals surface area contributed by atoms with Crippen LogP contribution in [0, 0.1) is 28.7 Å². The highest BCUT2D eigenvalue weighted by molar-refractivity contribution is 6.83. The topological polar surface area (TPSA) is 134 Å². The number of fused-ring (bicyclic) bond motifs is 6. The summed E-state index contributed by atoms with van der Waals surface area (Å²) in [5.74, 6) is -2.61. The number of H-pyrrole nitrogens is 1. The van der Waals surface area contributed by atoms with E-state index >= 15 is 13.6 Å². The molecular weight excluding hydrogens is 863 g/mol. The Kier molecular flexibility index (Phi) is 11.2. The minimum absolute atomic E-state index is 0.129. The molecule has 1 saturated carbocycles. The van der Waals surface area contributed by atoms with Crippen molar-refractivity contribution in [2.24, 2.45) is 17.3 Å². The van der Waals surface area contributed by atoms with E-state index in [0.717, 1.165) is 34.5 Å². The molecule has 6 heterocycles. The first-order valence-electron chi connectivity index (χ1n) is 23.4.